The Kier molecular flexibility index (Phi) is 10.2. The van der Waals surface area contributed by atoms with Crippen molar-refractivity contribution < 1.29 is 9.53 Å². The van der Waals surface area contributed by atoms with Crippen LogP contribution in [0.2, 0.25) is 5.02 Å². The van der Waals surface area contributed by atoms with Gasteiger partial charge in [-0.1, -0.05) is 22.9 Å². The van der Waals surface area contributed by atoms with Crippen LogP contribution in [0.1, 0.15) is 23.2 Å². The van der Waals surface area contributed by atoms with Gasteiger partial charge in [-0.2, -0.15) is 0 Å². The number of anilines is 2. The summed E-state index contributed by atoms with van der Waals surface area (Å²) in [7, 11) is 1.67. The van der Waals surface area contributed by atoms with Crippen LogP contribution in [-0.2, 0) is 11.3 Å². The van der Waals surface area contributed by atoms with E-state index in [1.807, 2.05) is 36.4 Å². The SMILES string of the molecule is COCCn1c(Nc2nc3ccc(Cl)cc3s2)nc2cc(C(=O)NCC3CCNCC3)ccc21.Cl.Cl. The Bertz CT molecular complexity index is 1320. The molecule has 0 spiro atoms. The molecule has 1 aliphatic heterocycles. The zero-order valence-electron chi connectivity index (χ0n) is 19.8. The molecule has 36 heavy (non-hydrogen) atoms. The second-order valence-corrected chi connectivity index (χ2v) is 9.91. The molecule has 1 saturated heterocycles. The number of carbonyl (C=O) groups excluding carboxylic acids is 1. The van der Waals surface area contributed by atoms with Gasteiger partial charge in [0.2, 0.25) is 5.95 Å². The van der Waals surface area contributed by atoms with Gasteiger partial charge < -0.3 is 25.3 Å². The summed E-state index contributed by atoms with van der Waals surface area (Å²) in [6.07, 6.45) is 2.19. The standard InChI is InChI=1S/C24H27ClN6O2S.2ClH/c1-33-11-10-31-20-5-2-16(22(32)27-14-15-6-8-26-9-7-15)12-19(20)28-23(31)30-24-29-18-4-3-17(25)13-21(18)34-24;;/h2-5,12-13,15,26H,6-11,14H2,1H3,(H,27,32)(H,28,29,30);2*1H. The van der Waals surface area contributed by atoms with Crippen LogP contribution < -0.4 is 16.0 Å². The molecule has 0 aliphatic carbocycles. The van der Waals surface area contributed by atoms with Crippen molar-refractivity contribution in [3.63, 3.8) is 0 Å². The van der Waals surface area contributed by atoms with Crippen molar-refractivity contribution in [3.8, 4) is 0 Å². The Hall–Kier alpha value is -2.14. The van der Waals surface area contributed by atoms with E-state index in [0.29, 0.717) is 42.1 Å². The van der Waals surface area contributed by atoms with Crippen LogP contribution in [0.15, 0.2) is 36.4 Å². The molecule has 1 amide bonds. The van der Waals surface area contributed by atoms with Crippen molar-refractivity contribution in [1.29, 1.82) is 0 Å². The predicted octanol–water partition coefficient (Wildman–Crippen LogP) is 5.26. The summed E-state index contributed by atoms with van der Waals surface area (Å²) in [6.45, 7) is 3.89. The minimum Gasteiger partial charge on any atom is -0.383 e. The largest absolute Gasteiger partial charge is 0.383 e. The zero-order valence-corrected chi connectivity index (χ0v) is 23.0. The number of fused-ring (bicyclic) bond motifs is 2. The van der Waals surface area contributed by atoms with Crippen LogP contribution in [0.5, 0.6) is 0 Å². The molecule has 3 heterocycles. The minimum absolute atomic E-state index is 0. The molecule has 0 atom stereocenters. The number of benzene rings is 2. The van der Waals surface area contributed by atoms with E-state index in [1.165, 1.54) is 11.3 Å². The molecule has 0 bridgehead atoms. The molecule has 0 saturated carbocycles. The summed E-state index contributed by atoms with van der Waals surface area (Å²) >= 11 is 7.64. The van der Waals surface area contributed by atoms with Crippen molar-refractivity contribution >= 4 is 86.0 Å². The second kappa shape index (κ2) is 12.9. The van der Waals surface area contributed by atoms with Gasteiger partial charge in [-0.25, -0.2) is 9.97 Å². The quantitative estimate of drug-likeness (QED) is 0.267. The Morgan fingerprint density at radius 3 is 2.75 bits per heavy atom. The van der Waals surface area contributed by atoms with Crippen LogP contribution >= 0.6 is 47.8 Å². The van der Waals surface area contributed by atoms with E-state index in [4.69, 9.17) is 21.3 Å². The van der Waals surface area contributed by atoms with Crippen molar-refractivity contribution in [3.05, 3.63) is 47.0 Å². The maximum absolute atomic E-state index is 12.8. The zero-order chi connectivity index (χ0) is 23.5. The van der Waals surface area contributed by atoms with Crippen LogP contribution in [0.3, 0.4) is 0 Å². The minimum atomic E-state index is -0.0653. The molecular weight excluding hydrogens is 543 g/mol. The van der Waals surface area contributed by atoms with Gasteiger partial charge in [0.25, 0.3) is 5.91 Å². The lowest BCUT2D eigenvalue weighted by atomic mass is 9.98. The number of hydrogen-bond acceptors (Lipinski definition) is 7. The van der Waals surface area contributed by atoms with Crippen molar-refractivity contribution in [1.82, 2.24) is 25.2 Å². The molecule has 0 radical (unpaired) electrons. The second-order valence-electron chi connectivity index (χ2n) is 8.44. The number of carbonyl (C=O) groups is 1. The third-order valence-electron chi connectivity index (χ3n) is 6.11. The molecule has 3 N–H and O–H groups in total. The topological polar surface area (TPSA) is 93.1 Å². The lowest BCUT2D eigenvalue weighted by Gasteiger charge is -2.22. The third kappa shape index (κ3) is 6.40. The molecule has 8 nitrogen and oxygen atoms in total. The number of aromatic nitrogens is 3. The summed E-state index contributed by atoms with van der Waals surface area (Å²) in [5.41, 5.74) is 3.17. The number of amides is 1. The third-order valence-corrected chi connectivity index (χ3v) is 7.28. The van der Waals surface area contributed by atoms with Gasteiger partial charge in [-0.05, 0) is 68.2 Å². The number of piperidine rings is 1. The number of halogens is 3. The first kappa shape index (κ1) is 28.4. The highest BCUT2D eigenvalue weighted by Crippen LogP contribution is 2.31. The Morgan fingerprint density at radius 1 is 1.17 bits per heavy atom. The van der Waals surface area contributed by atoms with Gasteiger partial charge in [-0.15, -0.1) is 24.8 Å². The molecule has 2 aromatic heterocycles. The molecule has 5 rings (SSSR count). The van der Waals surface area contributed by atoms with Gasteiger partial charge in [0.05, 0.1) is 27.9 Å². The van der Waals surface area contributed by atoms with Crippen LogP contribution in [0, 0.1) is 5.92 Å². The van der Waals surface area contributed by atoms with Gasteiger partial charge >= 0.3 is 0 Å². The normalized spacial score (nSPS) is 13.8. The smallest absolute Gasteiger partial charge is 0.251 e. The predicted molar refractivity (Wildman–Crippen MR) is 152 cm³/mol. The molecule has 4 aromatic rings. The highest BCUT2D eigenvalue weighted by atomic mass is 35.5. The molecule has 0 unspecified atom stereocenters. The summed E-state index contributed by atoms with van der Waals surface area (Å²) in [5, 5.41) is 11.2. The number of hydrogen-bond donors (Lipinski definition) is 3. The molecule has 1 fully saturated rings. The highest BCUT2D eigenvalue weighted by Gasteiger charge is 2.17. The van der Waals surface area contributed by atoms with Crippen molar-refractivity contribution in [2.24, 2.45) is 5.92 Å². The maximum atomic E-state index is 12.8. The number of imidazole rings is 1. The molecule has 2 aromatic carbocycles. The maximum Gasteiger partial charge on any atom is 0.251 e. The fourth-order valence-electron chi connectivity index (χ4n) is 4.25. The Labute approximate surface area is 231 Å². The molecule has 1 aliphatic rings. The van der Waals surface area contributed by atoms with Gasteiger partial charge in [0, 0.05) is 30.8 Å². The van der Waals surface area contributed by atoms with E-state index in [0.717, 1.165) is 52.3 Å². The lowest BCUT2D eigenvalue weighted by molar-refractivity contribution is 0.0944. The van der Waals surface area contributed by atoms with E-state index in [1.54, 1.807) is 7.11 Å². The monoisotopic (exact) mass is 570 g/mol. The first-order valence-electron chi connectivity index (χ1n) is 11.4. The van der Waals surface area contributed by atoms with E-state index in [-0.39, 0.29) is 30.7 Å². The summed E-state index contributed by atoms with van der Waals surface area (Å²) < 4.78 is 8.36. The summed E-state index contributed by atoms with van der Waals surface area (Å²) in [4.78, 5) is 22.2. The molecular formula is C24H29Cl3N6O2S. The van der Waals surface area contributed by atoms with Gasteiger partial charge in [0.15, 0.2) is 5.13 Å². The Balaban J connectivity index is 0.00000180. The Morgan fingerprint density at radius 2 is 1.97 bits per heavy atom. The van der Waals surface area contributed by atoms with E-state index >= 15 is 0 Å². The van der Waals surface area contributed by atoms with E-state index < -0.39 is 0 Å². The van der Waals surface area contributed by atoms with Gasteiger partial charge in [0.1, 0.15) is 0 Å². The average Bonchev–Trinajstić information content (AvgIpc) is 3.41. The average molecular weight is 572 g/mol. The molecule has 194 valence electrons. The van der Waals surface area contributed by atoms with Crippen LogP contribution in [0.25, 0.3) is 21.3 Å². The van der Waals surface area contributed by atoms with Gasteiger partial charge in [-0.3, -0.25) is 4.79 Å². The number of ether oxygens (including phenoxy) is 1. The van der Waals surface area contributed by atoms with Crippen molar-refractivity contribution in [2.45, 2.75) is 19.4 Å². The summed E-state index contributed by atoms with van der Waals surface area (Å²) in [6, 6.07) is 11.3. The number of nitrogens with zero attached hydrogens (tertiary/aromatic N) is 3. The van der Waals surface area contributed by atoms with E-state index in [9.17, 15) is 4.79 Å². The fourth-order valence-corrected chi connectivity index (χ4v) is 5.38. The number of nitrogens with one attached hydrogen (secondary N) is 3. The first-order chi connectivity index (χ1) is 16.6. The van der Waals surface area contributed by atoms with Crippen molar-refractivity contribution in [2.75, 3.05) is 38.7 Å². The van der Waals surface area contributed by atoms with Crippen LogP contribution in [0.4, 0.5) is 11.1 Å². The van der Waals surface area contributed by atoms with E-state index in [2.05, 4.69) is 25.5 Å². The fraction of sp³-hybridized carbons (Fsp3) is 0.375. The molecule has 12 heteroatoms. The first-order valence-corrected chi connectivity index (χ1v) is 12.6. The van der Waals surface area contributed by atoms with Crippen LogP contribution in [-0.4, -0.2) is 53.8 Å². The number of methoxy groups -OCH3 is 1. The number of thiazole rings is 1. The lowest BCUT2D eigenvalue weighted by Crippen LogP contribution is -2.35. The highest BCUT2D eigenvalue weighted by molar-refractivity contribution is 7.22. The summed E-state index contributed by atoms with van der Waals surface area (Å²) in [5.74, 6) is 1.12. The number of rotatable bonds is 8.